The van der Waals surface area contributed by atoms with E-state index in [1.165, 1.54) is 11.8 Å². The molecule has 0 atom stereocenters. The van der Waals surface area contributed by atoms with Crippen molar-refractivity contribution < 1.29 is 19.1 Å². The number of ether oxygens (including phenoxy) is 2. The molecule has 0 bridgehead atoms. The van der Waals surface area contributed by atoms with Crippen LogP contribution in [0.25, 0.3) is 0 Å². The van der Waals surface area contributed by atoms with Crippen LogP contribution in [0.3, 0.4) is 0 Å². The summed E-state index contributed by atoms with van der Waals surface area (Å²) in [7, 11) is 0. The van der Waals surface area contributed by atoms with Crippen LogP contribution in [0.15, 0.2) is 29.2 Å². The van der Waals surface area contributed by atoms with Crippen molar-refractivity contribution in [2.45, 2.75) is 56.6 Å². The van der Waals surface area contributed by atoms with E-state index in [0.717, 1.165) is 10.5 Å². The summed E-state index contributed by atoms with van der Waals surface area (Å²) >= 11 is 1.24. The van der Waals surface area contributed by atoms with E-state index in [1.807, 2.05) is 24.3 Å². The summed E-state index contributed by atoms with van der Waals surface area (Å²) in [6, 6.07) is 7.82. The van der Waals surface area contributed by atoms with E-state index in [9.17, 15) is 9.59 Å². The van der Waals surface area contributed by atoms with Crippen molar-refractivity contribution >= 4 is 23.7 Å². The number of carbonyl (C=O) groups is 2. The molecule has 0 aromatic heterocycles. The first kappa shape index (κ1) is 19.6. The molecule has 0 heterocycles. The van der Waals surface area contributed by atoms with Gasteiger partial charge in [0.25, 0.3) is 0 Å². The average Bonchev–Trinajstić information content (AvgIpc) is 2.53. The highest BCUT2D eigenvalue weighted by molar-refractivity contribution is 8.02. The van der Waals surface area contributed by atoms with Crippen LogP contribution in [-0.4, -0.2) is 29.9 Å². The SMILES string of the molecule is CCOC(=O)C(CC)(Sc1ccccc1C(C)C)C(=O)OCC. The van der Waals surface area contributed by atoms with Gasteiger partial charge in [0.1, 0.15) is 0 Å². The highest BCUT2D eigenvalue weighted by atomic mass is 32.2. The van der Waals surface area contributed by atoms with Crippen LogP contribution < -0.4 is 0 Å². The first-order chi connectivity index (χ1) is 10.9. The highest BCUT2D eigenvalue weighted by Gasteiger charge is 2.49. The number of thioether (sulfide) groups is 1. The molecule has 0 saturated heterocycles. The largest absolute Gasteiger partial charge is 0.465 e. The van der Waals surface area contributed by atoms with Crippen molar-refractivity contribution in [3.63, 3.8) is 0 Å². The van der Waals surface area contributed by atoms with E-state index in [4.69, 9.17) is 9.47 Å². The molecule has 0 aliphatic rings. The molecule has 1 aromatic carbocycles. The second kappa shape index (κ2) is 8.96. The number of hydrogen-bond acceptors (Lipinski definition) is 5. The van der Waals surface area contributed by atoms with Gasteiger partial charge in [-0.1, -0.05) is 50.7 Å². The van der Waals surface area contributed by atoms with Crippen LogP contribution >= 0.6 is 11.8 Å². The lowest BCUT2D eigenvalue weighted by molar-refractivity contribution is -0.158. The van der Waals surface area contributed by atoms with Gasteiger partial charge in [-0.05, 0) is 37.8 Å². The van der Waals surface area contributed by atoms with Crippen LogP contribution in [0.2, 0.25) is 0 Å². The Morgan fingerprint density at radius 1 is 1.04 bits per heavy atom. The number of hydrogen-bond donors (Lipinski definition) is 0. The normalized spacial score (nSPS) is 11.4. The van der Waals surface area contributed by atoms with Gasteiger partial charge in [-0.25, -0.2) is 9.59 Å². The van der Waals surface area contributed by atoms with Gasteiger partial charge in [-0.2, -0.15) is 0 Å². The molecule has 5 heteroatoms. The highest BCUT2D eigenvalue weighted by Crippen LogP contribution is 2.41. The molecule has 128 valence electrons. The molecule has 4 nitrogen and oxygen atoms in total. The third kappa shape index (κ3) is 4.50. The van der Waals surface area contributed by atoms with E-state index < -0.39 is 16.7 Å². The van der Waals surface area contributed by atoms with E-state index in [1.54, 1.807) is 20.8 Å². The molecular formula is C18H26O4S. The standard InChI is InChI=1S/C18H26O4S/c1-6-18(16(19)21-7-2,17(20)22-8-3)23-15-12-10-9-11-14(15)13(4)5/h9-13H,6-8H2,1-5H3. The molecule has 0 unspecified atom stereocenters. The third-order valence-electron chi connectivity index (χ3n) is 3.53. The molecule has 0 saturated carbocycles. The van der Waals surface area contributed by atoms with Gasteiger partial charge >= 0.3 is 11.9 Å². The van der Waals surface area contributed by atoms with E-state index in [-0.39, 0.29) is 19.1 Å². The molecule has 0 spiro atoms. The Morgan fingerprint density at radius 2 is 1.57 bits per heavy atom. The monoisotopic (exact) mass is 338 g/mol. The molecule has 0 fully saturated rings. The van der Waals surface area contributed by atoms with Crippen LogP contribution in [-0.2, 0) is 19.1 Å². The summed E-state index contributed by atoms with van der Waals surface area (Å²) in [5.41, 5.74) is 1.10. The maximum Gasteiger partial charge on any atom is 0.334 e. The van der Waals surface area contributed by atoms with Gasteiger partial charge in [0.05, 0.1) is 13.2 Å². The maximum absolute atomic E-state index is 12.6. The lowest BCUT2D eigenvalue weighted by Gasteiger charge is -2.28. The maximum atomic E-state index is 12.6. The summed E-state index contributed by atoms with van der Waals surface area (Å²) in [6.07, 6.45) is 0.307. The topological polar surface area (TPSA) is 52.6 Å². The van der Waals surface area contributed by atoms with Gasteiger partial charge in [0, 0.05) is 4.90 Å². The summed E-state index contributed by atoms with van der Waals surface area (Å²) in [6.45, 7) is 9.90. The van der Waals surface area contributed by atoms with Crippen molar-refractivity contribution in [2.75, 3.05) is 13.2 Å². The predicted molar refractivity (Wildman–Crippen MR) is 92.7 cm³/mol. The van der Waals surface area contributed by atoms with Gasteiger partial charge < -0.3 is 9.47 Å². The molecule has 1 rings (SSSR count). The first-order valence-corrected chi connectivity index (χ1v) is 8.86. The van der Waals surface area contributed by atoms with Gasteiger partial charge in [0.15, 0.2) is 0 Å². The second-order valence-electron chi connectivity index (χ2n) is 5.42. The van der Waals surface area contributed by atoms with Gasteiger partial charge in [-0.3, -0.25) is 0 Å². The summed E-state index contributed by atoms with van der Waals surface area (Å²) in [5.74, 6) is -0.785. The smallest absolute Gasteiger partial charge is 0.334 e. The zero-order chi connectivity index (χ0) is 17.5. The minimum absolute atomic E-state index is 0.229. The Bertz CT molecular complexity index is 522. The Kier molecular flexibility index (Phi) is 7.62. The van der Waals surface area contributed by atoms with Crippen LogP contribution in [0.1, 0.15) is 52.5 Å². The fourth-order valence-corrected chi connectivity index (χ4v) is 3.63. The van der Waals surface area contributed by atoms with Gasteiger partial charge in [0.2, 0.25) is 4.75 Å². The number of benzene rings is 1. The van der Waals surface area contributed by atoms with Gasteiger partial charge in [-0.15, -0.1) is 0 Å². The minimum Gasteiger partial charge on any atom is -0.465 e. The Labute approximate surface area is 142 Å². The minimum atomic E-state index is -1.36. The molecule has 0 radical (unpaired) electrons. The van der Waals surface area contributed by atoms with E-state index in [0.29, 0.717) is 6.42 Å². The summed E-state index contributed by atoms with van der Waals surface area (Å²) in [5, 5.41) is 0. The van der Waals surface area contributed by atoms with Crippen molar-refractivity contribution in [3.8, 4) is 0 Å². The molecule has 0 aliphatic heterocycles. The molecule has 23 heavy (non-hydrogen) atoms. The zero-order valence-corrected chi connectivity index (χ0v) is 15.4. The number of esters is 2. The second-order valence-corrected chi connectivity index (χ2v) is 6.76. The molecule has 0 N–H and O–H groups in total. The third-order valence-corrected chi connectivity index (χ3v) is 5.10. The Morgan fingerprint density at radius 3 is 2.00 bits per heavy atom. The van der Waals surface area contributed by atoms with E-state index in [2.05, 4.69) is 13.8 Å². The lowest BCUT2D eigenvalue weighted by atomic mass is 10.0. The number of carbonyl (C=O) groups excluding carboxylic acids is 2. The molecule has 0 amide bonds. The van der Waals surface area contributed by atoms with Crippen LogP contribution in [0.4, 0.5) is 0 Å². The average molecular weight is 338 g/mol. The molecule has 1 aromatic rings. The quantitative estimate of drug-likeness (QED) is 0.404. The summed E-state index contributed by atoms with van der Waals surface area (Å²) < 4.78 is 8.99. The fraction of sp³-hybridized carbons (Fsp3) is 0.556. The van der Waals surface area contributed by atoms with Crippen molar-refractivity contribution in [1.29, 1.82) is 0 Å². The van der Waals surface area contributed by atoms with Crippen LogP contribution in [0, 0.1) is 0 Å². The first-order valence-electron chi connectivity index (χ1n) is 8.05. The molecule has 0 aliphatic carbocycles. The van der Waals surface area contributed by atoms with Crippen molar-refractivity contribution in [2.24, 2.45) is 0 Å². The Balaban J connectivity index is 3.30. The van der Waals surface area contributed by atoms with Crippen LogP contribution in [0.5, 0.6) is 0 Å². The number of rotatable bonds is 8. The summed E-state index contributed by atoms with van der Waals surface area (Å²) in [4.78, 5) is 26.0. The van der Waals surface area contributed by atoms with E-state index >= 15 is 0 Å². The molecular weight excluding hydrogens is 312 g/mol. The predicted octanol–water partition coefficient (Wildman–Crippen LogP) is 4.18. The van der Waals surface area contributed by atoms with Crippen molar-refractivity contribution in [3.05, 3.63) is 29.8 Å². The Hall–Kier alpha value is -1.49. The zero-order valence-electron chi connectivity index (χ0n) is 14.5. The van der Waals surface area contributed by atoms with Crippen molar-refractivity contribution in [1.82, 2.24) is 0 Å². The lowest BCUT2D eigenvalue weighted by Crippen LogP contribution is -2.45. The fourth-order valence-electron chi connectivity index (χ4n) is 2.26.